The van der Waals surface area contributed by atoms with Crippen molar-refractivity contribution in [3.05, 3.63) is 134 Å². The summed E-state index contributed by atoms with van der Waals surface area (Å²) < 4.78 is 14.0. The third-order valence-electron chi connectivity index (χ3n) is 4.86. The van der Waals surface area contributed by atoms with Gasteiger partial charge >= 0.3 is 8.56 Å². The predicted molar refractivity (Wildman–Crippen MR) is 133 cm³/mol. The van der Waals surface area contributed by atoms with Gasteiger partial charge in [0.15, 0.2) is 0 Å². The Balaban J connectivity index is 2.89. The van der Waals surface area contributed by atoms with E-state index in [2.05, 4.69) is 39.5 Å². The van der Waals surface area contributed by atoms with E-state index in [-0.39, 0.29) is 0 Å². The molecule has 0 aliphatic rings. The van der Waals surface area contributed by atoms with Crippen LogP contribution in [-0.4, -0.2) is 25.2 Å². The summed E-state index contributed by atoms with van der Waals surface area (Å²) in [5, 5.41) is 1.96. The molecule has 0 aliphatic heterocycles. The average Bonchev–Trinajstić information content (AvgIpc) is 2.81. The molecule has 29 heavy (non-hydrogen) atoms. The fourth-order valence-electron chi connectivity index (χ4n) is 2.99. The van der Waals surface area contributed by atoms with Crippen LogP contribution < -0.4 is 10.4 Å². The molecule has 0 bridgehead atoms. The van der Waals surface area contributed by atoms with E-state index in [1.165, 1.54) is 0 Å². The monoisotopic (exact) mass is 432 g/mol. The van der Waals surface area contributed by atoms with Gasteiger partial charge in [0.1, 0.15) is 0 Å². The Morgan fingerprint density at radius 2 is 0.759 bits per heavy atom. The van der Waals surface area contributed by atoms with Crippen molar-refractivity contribution in [3.63, 3.8) is 0 Å². The van der Waals surface area contributed by atoms with Crippen LogP contribution in [0.4, 0.5) is 0 Å². The molecule has 0 fully saturated rings. The fourth-order valence-corrected chi connectivity index (χ4v) is 14.0. The summed E-state index contributed by atoms with van der Waals surface area (Å²) in [7, 11) is -8.67. The zero-order valence-electron chi connectivity index (χ0n) is 16.8. The zero-order chi connectivity index (χ0) is 21.4. The minimum atomic E-state index is -3.25. The van der Waals surface area contributed by atoms with Crippen LogP contribution in [0.3, 0.4) is 0 Å². The van der Waals surface area contributed by atoms with Gasteiger partial charge in [-0.3, -0.25) is 0 Å². The van der Waals surface area contributed by atoms with Gasteiger partial charge in [0.25, 0.3) is 16.6 Å². The van der Waals surface area contributed by atoms with Gasteiger partial charge in [-0.15, -0.1) is 39.5 Å². The molecule has 2 rings (SSSR count). The lowest BCUT2D eigenvalue weighted by molar-refractivity contribution is 0.427. The molecule has 0 aromatic heterocycles. The van der Waals surface area contributed by atoms with Crippen molar-refractivity contribution in [1.29, 1.82) is 0 Å². The van der Waals surface area contributed by atoms with Crippen LogP contribution in [-0.2, 0) is 8.23 Å². The molecule has 0 radical (unpaired) electrons. The molecule has 0 amide bonds. The van der Waals surface area contributed by atoms with Crippen LogP contribution in [0, 0.1) is 0 Å². The van der Waals surface area contributed by atoms with Gasteiger partial charge in [0.2, 0.25) is 0 Å². The fraction of sp³-hybridized carbons (Fsp3) is 0. The number of hydrogen-bond donors (Lipinski definition) is 0. The largest absolute Gasteiger partial charge is 0.420 e. The molecule has 0 spiro atoms. The second-order valence-electron chi connectivity index (χ2n) is 6.48. The van der Waals surface area contributed by atoms with E-state index in [1.807, 2.05) is 94.9 Å². The van der Waals surface area contributed by atoms with Gasteiger partial charge in [-0.2, -0.15) is 0 Å². The second-order valence-corrected chi connectivity index (χ2v) is 16.4. The van der Waals surface area contributed by atoms with Gasteiger partial charge < -0.3 is 8.23 Å². The van der Waals surface area contributed by atoms with Crippen molar-refractivity contribution in [1.82, 2.24) is 0 Å². The number of rotatable bonds is 12. The molecular formula is C24H28O2Si3. The quantitative estimate of drug-likeness (QED) is 0.459. The molecule has 148 valence electrons. The summed E-state index contributed by atoms with van der Waals surface area (Å²) in [6.07, 6.45) is 0. The lowest BCUT2D eigenvalue weighted by atomic mass is 10.4. The van der Waals surface area contributed by atoms with E-state index in [0.29, 0.717) is 0 Å². The van der Waals surface area contributed by atoms with Crippen LogP contribution in [0.25, 0.3) is 0 Å². The van der Waals surface area contributed by atoms with E-state index in [0.717, 1.165) is 10.4 Å². The molecule has 0 atom stereocenters. The topological polar surface area (TPSA) is 18.5 Å². The Morgan fingerprint density at radius 3 is 1.00 bits per heavy atom. The summed E-state index contributed by atoms with van der Waals surface area (Å²) in [4.78, 5) is 0. The molecule has 0 saturated carbocycles. The van der Waals surface area contributed by atoms with Crippen molar-refractivity contribution >= 4 is 35.6 Å². The van der Waals surface area contributed by atoms with Gasteiger partial charge in [0.05, 0.1) is 0 Å². The lowest BCUT2D eigenvalue weighted by Gasteiger charge is -2.42. The van der Waals surface area contributed by atoms with E-state index in [9.17, 15) is 0 Å². The van der Waals surface area contributed by atoms with Crippen molar-refractivity contribution < 1.29 is 8.23 Å². The highest BCUT2D eigenvalue weighted by Crippen LogP contribution is 2.24. The molecule has 0 heterocycles. The van der Waals surface area contributed by atoms with E-state index in [4.69, 9.17) is 8.23 Å². The maximum absolute atomic E-state index is 7.00. The van der Waals surface area contributed by atoms with Crippen LogP contribution in [0.5, 0.6) is 0 Å². The zero-order valence-corrected chi connectivity index (χ0v) is 19.8. The minimum absolute atomic E-state index is 0.982. The Bertz CT molecular complexity index is 772. The highest BCUT2D eigenvalue weighted by atomic mass is 28.5. The molecule has 0 saturated heterocycles. The summed E-state index contributed by atoms with van der Waals surface area (Å²) in [6.45, 7) is 24.1. The number of hydrogen-bond acceptors (Lipinski definition) is 2. The van der Waals surface area contributed by atoms with E-state index < -0.39 is 25.2 Å². The molecule has 0 N–H and O–H groups in total. The Hall–Kier alpha value is -2.55. The predicted octanol–water partition coefficient (Wildman–Crippen LogP) is 4.52. The SMILES string of the molecule is C=C[Si](C=C)(C=C)O[Si](O[Si](C=C)(C=C)C=C)(c1ccccc1)c1ccccc1. The van der Waals surface area contributed by atoms with Crippen LogP contribution >= 0.6 is 0 Å². The third kappa shape index (κ3) is 4.55. The first-order valence-corrected chi connectivity index (χ1v) is 15.4. The van der Waals surface area contributed by atoms with Gasteiger partial charge in [0, 0.05) is 0 Å². The average molecular weight is 433 g/mol. The number of benzene rings is 2. The minimum Gasteiger partial charge on any atom is -0.420 e. The van der Waals surface area contributed by atoms with Gasteiger partial charge in [-0.25, -0.2) is 0 Å². The first-order chi connectivity index (χ1) is 14.0. The molecule has 2 nitrogen and oxygen atoms in total. The smallest absolute Gasteiger partial charge is 0.387 e. The molecule has 0 aliphatic carbocycles. The standard InChI is InChI=1S/C24H28O2Si3/c1-7-27(8-2,9-3)25-29(23-19-15-13-16-20-23,24-21-17-14-18-22-24)26-28(10-4,11-5)12-6/h7-22H,1-6H2. The van der Waals surface area contributed by atoms with Crippen LogP contribution in [0.15, 0.2) is 134 Å². The molecule has 0 unspecified atom stereocenters. The molecular weight excluding hydrogens is 405 g/mol. The highest BCUT2D eigenvalue weighted by molar-refractivity contribution is 7.07. The summed E-state index contributed by atoms with van der Waals surface area (Å²) >= 11 is 0. The molecule has 5 heteroatoms. The first-order valence-electron chi connectivity index (χ1n) is 9.32. The van der Waals surface area contributed by atoms with Crippen molar-refractivity contribution in [2.45, 2.75) is 0 Å². The van der Waals surface area contributed by atoms with E-state index in [1.54, 1.807) is 0 Å². The van der Waals surface area contributed by atoms with Gasteiger partial charge in [-0.1, -0.05) is 94.9 Å². The maximum atomic E-state index is 7.00. The maximum Gasteiger partial charge on any atom is 0.387 e. The summed E-state index contributed by atoms with van der Waals surface area (Å²) in [5.41, 5.74) is 10.9. The molecule has 2 aromatic carbocycles. The Kier molecular flexibility index (Phi) is 7.66. The van der Waals surface area contributed by atoms with Gasteiger partial charge in [-0.05, 0) is 10.4 Å². The summed E-state index contributed by atoms with van der Waals surface area (Å²) in [6, 6.07) is 20.1. The second kappa shape index (κ2) is 9.78. The van der Waals surface area contributed by atoms with E-state index >= 15 is 0 Å². The Morgan fingerprint density at radius 1 is 0.483 bits per heavy atom. The first kappa shape index (κ1) is 22.7. The van der Waals surface area contributed by atoms with Crippen molar-refractivity contribution in [3.8, 4) is 0 Å². The van der Waals surface area contributed by atoms with Crippen molar-refractivity contribution in [2.24, 2.45) is 0 Å². The van der Waals surface area contributed by atoms with Crippen LogP contribution in [0.2, 0.25) is 0 Å². The molecule has 2 aromatic rings. The van der Waals surface area contributed by atoms with Crippen molar-refractivity contribution in [2.75, 3.05) is 0 Å². The Labute approximate surface area is 178 Å². The highest BCUT2D eigenvalue weighted by Gasteiger charge is 2.51. The summed E-state index contributed by atoms with van der Waals surface area (Å²) in [5.74, 6) is 0. The lowest BCUT2D eigenvalue weighted by Crippen LogP contribution is -2.70. The van der Waals surface area contributed by atoms with Crippen LogP contribution in [0.1, 0.15) is 0 Å². The third-order valence-corrected chi connectivity index (χ3v) is 16.0. The normalized spacial score (nSPS) is 11.9.